The summed E-state index contributed by atoms with van der Waals surface area (Å²) >= 11 is 0. The van der Waals surface area contributed by atoms with Crippen LogP contribution in [0.1, 0.15) is 127 Å². The van der Waals surface area contributed by atoms with Crippen LogP contribution in [0.15, 0.2) is 70.5 Å². The Morgan fingerprint density at radius 1 is 0.449 bits per heavy atom. The Labute approximate surface area is 326 Å². The van der Waals surface area contributed by atoms with Crippen LogP contribution in [-0.2, 0) is 45.9 Å². The third kappa shape index (κ3) is 13.5. The summed E-state index contributed by atoms with van der Waals surface area (Å²) in [6, 6.07) is 19.1. The van der Waals surface area contributed by atoms with Gasteiger partial charge in [0.1, 0.15) is 20.2 Å². The van der Waals surface area contributed by atoms with Gasteiger partial charge in [0.15, 0.2) is 0 Å². The van der Waals surface area contributed by atoms with E-state index in [-0.39, 0.29) is 47.5 Å². The maximum Gasteiger partial charge on any atom is 2.00 e. The molecule has 0 aliphatic heterocycles. The molecule has 0 radical (unpaired) electrons. The van der Waals surface area contributed by atoms with Crippen molar-refractivity contribution in [3.05, 3.63) is 82.9 Å². The SMILES string of the molecule is CCCCCc1cc2cccc(CCCCC)c2cc1S(=O)(=O)[O-].CCCCCc1cc2cccc(CCCCC)c2cc1S(=O)(=O)[O-].[Ca+2]. The van der Waals surface area contributed by atoms with Gasteiger partial charge in [-0.15, -0.1) is 0 Å². The molecular formula is C40H54CaO6S2. The minimum Gasteiger partial charge on any atom is -0.744 e. The molecule has 0 unspecified atom stereocenters. The number of hydrogen-bond acceptors (Lipinski definition) is 6. The number of rotatable bonds is 18. The fourth-order valence-corrected chi connectivity index (χ4v) is 7.88. The van der Waals surface area contributed by atoms with Crippen LogP contribution in [0, 0.1) is 0 Å². The zero-order valence-electron chi connectivity index (χ0n) is 30.1. The van der Waals surface area contributed by atoms with Gasteiger partial charge >= 0.3 is 37.7 Å². The van der Waals surface area contributed by atoms with Crippen LogP contribution in [-0.4, -0.2) is 63.7 Å². The van der Waals surface area contributed by atoms with Gasteiger partial charge in [0.05, 0.1) is 9.79 Å². The Morgan fingerprint density at radius 3 is 1.04 bits per heavy atom. The van der Waals surface area contributed by atoms with E-state index < -0.39 is 20.2 Å². The molecule has 9 heteroatoms. The first-order chi connectivity index (χ1) is 22.9. The monoisotopic (exact) mass is 734 g/mol. The molecule has 4 aromatic rings. The van der Waals surface area contributed by atoms with Gasteiger partial charge in [-0.3, -0.25) is 0 Å². The van der Waals surface area contributed by atoms with Crippen molar-refractivity contribution in [3.63, 3.8) is 0 Å². The summed E-state index contributed by atoms with van der Waals surface area (Å²) in [4.78, 5) is -0.0666. The first-order valence-electron chi connectivity index (χ1n) is 17.9. The van der Waals surface area contributed by atoms with Gasteiger partial charge in [0.25, 0.3) is 0 Å². The second-order valence-electron chi connectivity index (χ2n) is 12.9. The van der Waals surface area contributed by atoms with Gasteiger partial charge in [0, 0.05) is 0 Å². The third-order valence-corrected chi connectivity index (χ3v) is 10.9. The molecule has 0 N–H and O–H groups in total. The average molecular weight is 735 g/mol. The maximum atomic E-state index is 11.7. The molecule has 0 aromatic heterocycles. The topological polar surface area (TPSA) is 114 Å². The summed E-state index contributed by atoms with van der Waals surface area (Å²) in [6.45, 7) is 8.53. The molecule has 264 valence electrons. The summed E-state index contributed by atoms with van der Waals surface area (Å²) in [7, 11) is -8.91. The van der Waals surface area contributed by atoms with E-state index in [0.29, 0.717) is 24.0 Å². The fraction of sp³-hybridized carbons (Fsp3) is 0.500. The van der Waals surface area contributed by atoms with E-state index in [4.69, 9.17) is 0 Å². The van der Waals surface area contributed by atoms with Crippen LogP contribution >= 0.6 is 0 Å². The summed E-state index contributed by atoms with van der Waals surface area (Å²) in [6.07, 6.45) is 15.9. The minimum absolute atomic E-state index is 0. The Balaban J connectivity index is 0.000000333. The van der Waals surface area contributed by atoms with Crippen LogP contribution < -0.4 is 0 Å². The molecule has 0 spiro atoms. The average Bonchev–Trinajstić information content (AvgIpc) is 3.04. The van der Waals surface area contributed by atoms with Gasteiger partial charge in [-0.2, -0.15) is 0 Å². The molecule has 0 saturated heterocycles. The second-order valence-corrected chi connectivity index (χ2v) is 15.6. The van der Waals surface area contributed by atoms with Crippen LogP contribution in [0.5, 0.6) is 0 Å². The molecule has 0 aliphatic rings. The molecule has 0 aliphatic carbocycles. The van der Waals surface area contributed by atoms with Gasteiger partial charge < -0.3 is 9.11 Å². The molecule has 49 heavy (non-hydrogen) atoms. The number of aryl methyl sites for hydroxylation is 4. The fourth-order valence-electron chi connectivity index (χ4n) is 6.39. The first-order valence-corrected chi connectivity index (χ1v) is 20.8. The van der Waals surface area contributed by atoms with Crippen LogP contribution in [0.25, 0.3) is 21.5 Å². The van der Waals surface area contributed by atoms with Crippen LogP contribution in [0.3, 0.4) is 0 Å². The van der Waals surface area contributed by atoms with Crippen molar-refractivity contribution in [1.82, 2.24) is 0 Å². The van der Waals surface area contributed by atoms with Gasteiger partial charge in [-0.25, -0.2) is 16.8 Å². The largest absolute Gasteiger partial charge is 2.00 e. The molecule has 0 heterocycles. The molecule has 4 aromatic carbocycles. The number of hydrogen-bond donors (Lipinski definition) is 0. The summed E-state index contributed by atoms with van der Waals surface area (Å²) in [5.74, 6) is 0. The zero-order chi connectivity index (χ0) is 35.2. The van der Waals surface area contributed by atoms with Crippen LogP contribution in [0.4, 0.5) is 0 Å². The predicted molar refractivity (Wildman–Crippen MR) is 202 cm³/mol. The van der Waals surface area contributed by atoms with E-state index in [9.17, 15) is 25.9 Å². The molecule has 0 atom stereocenters. The summed E-state index contributed by atoms with van der Waals surface area (Å²) in [5.41, 5.74) is 3.59. The van der Waals surface area contributed by atoms with E-state index in [1.54, 1.807) is 12.1 Å². The van der Waals surface area contributed by atoms with Gasteiger partial charge in [0.2, 0.25) is 0 Å². The normalized spacial score (nSPS) is 11.7. The smallest absolute Gasteiger partial charge is 0.744 e. The van der Waals surface area contributed by atoms with Crippen LogP contribution in [0.2, 0.25) is 0 Å². The van der Waals surface area contributed by atoms with E-state index >= 15 is 0 Å². The molecule has 4 rings (SSSR count). The second kappa shape index (κ2) is 21.8. The minimum atomic E-state index is -4.45. The number of fused-ring (bicyclic) bond motifs is 2. The summed E-state index contributed by atoms with van der Waals surface area (Å²) in [5, 5.41) is 3.87. The van der Waals surface area contributed by atoms with Crippen molar-refractivity contribution < 1.29 is 25.9 Å². The molecule has 0 bridgehead atoms. The predicted octanol–water partition coefficient (Wildman–Crippen LogP) is 10.0. The standard InChI is InChI=1S/2C20H28O3S.Ca/c2*1-3-5-7-10-16-12-9-13-17-14-18(11-8-6-4-2)20(15-19(16)17)24(21,22)23;/h2*9,12-15H,3-8,10-11H2,1-2H3,(H,21,22,23);/q;;+2/p-2. The van der Waals surface area contributed by atoms with Crippen molar-refractivity contribution in [2.24, 2.45) is 0 Å². The Bertz CT molecular complexity index is 1700. The third-order valence-electron chi connectivity index (χ3n) is 9.04. The van der Waals surface area contributed by atoms with Crippen molar-refractivity contribution >= 4 is 79.5 Å². The van der Waals surface area contributed by atoms with E-state index in [1.807, 2.05) is 48.5 Å². The number of benzene rings is 4. The molecular weight excluding hydrogens is 681 g/mol. The molecule has 6 nitrogen and oxygen atoms in total. The first kappa shape index (κ1) is 43.6. The van der Waals surface area contributed by atoms with Crippen molar-refractivity contribution in [2.45, 2.75) is 140 Å². The maximum absolute atomic E-state index is 11.7. The Kier molecular flexibility index (Phi) is 19.4. The molecule has 0 amide bonds. The van der Waals surface area contributed by atoms with E-state index in [0.717, 1.165) is 123 Å². The van der Waals surface area contributed by atoms with E-state index in [1.165, 1.54) is 0 Å². The summed E-state index contributed by atoms with van der Waals surface area (Å²) < 4.78 is 70.5. The molecule has 0 fully saturated rings. The zero-order valence-corrected chi connectivity index (χ0v) is 33.9. The van der Waals surface area contributed by atoms with Gasteiger partial charge in [-0.05, 0) is 119 Å². The number of unbranched alkanes of at least 4 members (excludes halogenated alkanes) is 8. The van der Waals surface area contributed by atoms with Crippen molar-refractivity contribution in [2.75, 3.05) is 0 Å². The Morgan fingerprint density at radius 2 is 0.755 bits per heavy atom. The van der Waals surface area contributed by atoms with Gasteiger partial charge in [-0.1, -0.05) is 115 Å². The quantitative estimate of drug-likeness (QED) is 0.0571. The molecule has 0 saturated carbocycles. The Hall–Kier alpha value is -1.52. The van der Waals surface area contributed by atoms with Crippen molar-refractivity contribution in [1.29, 1.82) is 0 Å². The van der Waals surface area contributed by atoms with E-state index in [2.05, 4.69) is 27.7 Å². The van der Waals surface area contributed by atoms with Crippen molar-refractivity contribution in [3.8, 4) is 0 Å².